The average molecular weight is 454 g/mol. The molecule has 0 aromatic heterocycles. The number of anilines is 2. The summed E-state index contributed by atoms with van der Waals surface area (Å²) in [6, 6.07) is 36.0. The van der Waals surface area contributed by atoms with Gasteiger partial charge in [0.15, 0.2) is 0 Å². The van der Waals surface area contributed by atoms with E-state index >= 15 is 0 Å². The van der Waals surface area contributed by atoms with E-state index < -0.39 is 0 Å². The molecule has 1 spiro atoms. The molecule has 4 aromatic carbocycles. The topological polar surface area (TPSA) is 12.0 Å². The maximum Gasteiger partial charge on any atom is 0.0432 e. The van der Waals surface area contributed by atoms with Gasteiger partial charge in [-0.05, 0) is 107 Å². The highest BCUT2D eigenvalue weighted by Gasteiger charge is 2.62. The van der Waals surface area contributed by atoms with Crippen molar-refractivity contribution in [2.75, 3.05) is 5.32 Å². The molecule has 0 atom stereocenters. The van der Waals surface area contributed by atoms with Gasteiger partial charge in [-0.15, -0.1) is 0 Å². The summed E-state index contributed by atoms with van der Waals surface area (Å²) in [5.74, 6) is 3.48. The number of hydrogen-bond acceptors (Lipinski definition) is 1. The lowest BCUT2D eigenvalue weighted by atomic mass is 9.43. The van der Waals surface area contributed by atoms with Crippen LogP contribution in [0.25, 0.3) is 22.3 Å². The summed E-state index contributed by atoms with van der Waals surface area (Å²) >= 11 is 0. The van der Waals surface area contributed by atoms with Gasteiger partial charge >= 0.3 is 0 Å². The second-order valence-corrected chi connectivity index (χ2v) is 11.5. The zero-order valence-electron chi connectivity index (χ0n) is 20.1. The first-order chi connectivity index (χ1) is 17.3. The van der Waals surface area contributed by atoms with Crippen molar-refractivity contribution >= 4 is 11.4 Å². The zero-order valence-corrected chi connectivity index (χ0v) is 20.1. The lowest BCUT2D eigenvalue weighted by Gasteiger charge is -2.61. The van der Waals surface area contributed by atoms with Crippen molar-refractivity contribution in [3.05, 3.63) is 108 Å². The number of rotatable bonds is 3. The summed E-state index contributed by atoms with van der Waals surface area (Å²) in [6.45, 7) is 0. The first-order valence-corrected chi connectivity index (χ1v) is 13.5. The molecule has 1 nitrogen and oxygen atoms in total. The van der Waals surface area contributed by atoms with Crippen LogP contribution >= 0.6 is 0 Å². The Morgan fingerprint density at radius 2 is 1.23 bits per heavy atom. The molecule has 0 heterocycles. The minimum absolute atomic E-state index is 0.181. The Morgan fingerprint density at radius 3 is 2.03 bits per heavy atom. The van der Waals surface area contributed by atoms with Gasteiger partial charge in [0.25, 0.3) is 0 Å². The van der Waals surface area contributed by atoms with E-state index in [2.05, 4.69) is 102 Å². The minimum atomic E-state index is 0.181. The van der Waals surface area contributed by atoms with Crippen LogP contribution in [0.1, 0.15) is 43.2 Å². The van der Waals surface area contributed by atoms with Gasteiger partial charge in [0.2, 0.25) is 0 Å². The molecule has 5 aliphatic carbocycles. The zero-order chi connectivity index (χ0) is 23.0. The SMILES string of the molecule is c1ccc(-c2cccc(Nc3cccc4c3C3(c5ccccc5-4)C4CC5CC(C4)CC3C5)c2)cc1. The first kappa shape index (κ1) is 19.9. The smallest absolute Gasteiger partial charge is 0.0432 e. The van der Waals surface area contributed by atoms with Crippen molar-refractivity contribution in [3.63, 3.8) is 0 Å². The summed E-state index contributed by atoms with van der Waals surface area (Å²) in [4.78, 5) is 0. The summed E-state index contributed by atoms with van der Waals surface area (Å²) in [7, 11) is 0. The van der Waals surface area contributed by atoms with E-state index in [0.717, 1.165) is 23.7 Å². The molecular formula is C34H31N. The standard InChI is InChI=1S/C34H31N/c1-2-8-24(9-3-1)25-10-6-11-28(21-25)35-32-15-7-13-30-29-12-4-5-14-31(29)34(33(30)32)26-17-22-16-23(19-26)20-27(34)18-22/h1-15,21-23,26-27,35H,16-20H2. The molecule has 9 rings (SSSR count). The van der Waals surface area contributed by atoms with E-state index in [1.54, 1.807) is 11.1 Å². The van der Waals surface area contributed by atoms with E-state index in [-0.39, 0.29) is 5.41 Å². The summed E-state index contributed by atoms with van der Waals surface area (Å²) in [5.41, 5.74) is 11.4. The van der Waals surface area contributed by atoms with Crippen LogP contribution in [-0.2, 0) is 5.41 Å². The van der Waals surface area contributed by atoms with Crippen LogP contribution in [0.4, 0.5) is 11.4 Å². The van der Waals surface area contributed by atoms with Crippen molar-refractivity contribution in [1.82, 2.24) is 0 Å². The Balaban J connectivity index is 1.29. The largest absolute Gasteiger partial charge is 0.355 e. The molecule has 0 amide bonds. The normalized spacial score (nSPS) is 29.3. The lowest BCUT2D eigenvalue weighted by Crippen LogP contribution is -2.55. The summed E-state index contributed by atoms with van der Waals surface area (Å²) in [5, 5.41) is 3.93. The van der Waals surface area contributed by atoms with Gasteiger partial charge in [0.1, 0.15) is 0 Å². The monoisotopic (exact) mass is 453 g/mol. The first-order valence-electron chi connectivity index (χ1n) is 13.5. The second kappa shape index (κ2) is 7.34. The van der Waals surface area contributed by atoms with Crippen LogP contribution in [0, 0.1) is 23.7 Å². The third-order valence-electron chi connectivity index (χ3n) is 9.82. The Hall–Kier alpha value is -3.32. The van der Waals surface area contributed by atoms with E-state index in [1.807, 2.05) is 0 Å². The van der Waals surface area contributed by atoms with E-state index in [0.29, 0.717) is 0 Å². The van der Waals surface area contributed by atoms with Crippen LogP contribution in [0.5, 0.6) is 0 Å². The molecule has 1 heteroatoms. The van der Waals surface area contributed by atoms with Crippen molar-refractivity contribution < 1.29 is 0 Å². The van der Waals surface area contributed by atoms with Crippen LogP contribution < -0.4 is 5.32 Å². The van der Waals surface area contributed by atoms with Crippen LogP contribution in [-0.4, -0.2) is 0 Å². The highest BCUT2D eigenvalue weighted by molar-refractivity contribution is 5.88. The van der Waals surface area contributed by atoms with Crippen molar-refractivity contribution in [2.45, 2.75) is 37.5 Å². The number of hydrogen-bond donors (Lipinski definition) is 1. The molecule has 4 aromatic rings. The molecule has 0 aliphatic heterocycles. The third-order valence-corrected chi connectivity index (χ3v) is 9.82. The fourth-order valence-corrected chi connectivity index (χ4v) is 8.88. The fourth-order valence-electron chi connectivity index (χ4n) is 8.88. The number of benzene rings is 4. The van der Waals surface area contributed by atoms with Gasteiger partial charge < -0.3 is 5.32 Å². The average Bonchev–Trinajstić information content (AvgIpc) is 3.20. The summed E-state index contributed by atoms with van der Waals surface area (Å²) in [6.07, 6.45) is 7.15. The molecule has 35 heavy (non-hydrogen) atoms. The van der Waals surface area contributed by atoms with Crippen molar-refractivity contribution in [2.24, 2.45) is 23.7 Å². The third kappa shape index (κ3) is 2.76. The van der Waals surface area contributed by atoms with Gasteiger partial charge in [-0.1, -0.05) is 78.9 Å². The molecule has 0 saturated heterocycles. The number of fused-ring (bicyclic) bond motifs is 3. The molecule has 4 saturated carbocycles. The Morgan fingerprint density at radius 1 is 0.571 bits per heavy atom. The maximum absolute atomic E-state index is 3.93. The maximum atomic E-state index is 3.93. The van der Waals surface area contributed by atoms with Gasteiger partial charge in [0.05, 0.1) is 0 Å². The Labute approximate surface area is 208 Å². The minimum Gasteiger partial charge on any atom is -0.355 e. The lowest BCUT2D eigenvalue weighted by molar-refractivity contribution is -0.0396. The predicted octanol–water partition coefficient (Wildman–Crippen LogP) is 8.82. The van der Waals surface area contributed by atoms with Crippen molar-refractivity contribution in [1.29, 1.82) is 0 Å². The van der Waals surface area contributed by atoms with Gasteiger partial charge in [0, 0.05) is 16.8 Å². The van der Waals surface area contributed by atoms with Crippen LogP contribution in [0.2, 0.25) is 0 Å². The van der Waals surface area contributed by atoms with Crippen LogP contribution in [0.3, 0.4) is 0 Å². The number of nitrogens with one attached hydrogen (secondary N) is 1. The van der Waals surface area contributed by atoms with Gasteiger partial charge in [-0.2, -0.15) is 0 Å². The molecule has 1 N–H and O–H groups in total. The van der Waals surface area contributed by atoms with Gasteiger partial charge in [-0.25, -0.2) is 0 Å². The molecule has 172 valence electrons. The highest BCUT2D eigenvalue weighted by atomic mass is 14.9. The molecule has 5 aliphatic rings. The molecular weight excluding hydrogens is 422 g/mol. The quantitative estimate of drug-likeness (QED) is 0.327. The van der Waals surface area contributed by atoms with Crippen LogP contribution in [0.15, 0.2) is 97.1 Å². The molecule has 4 bridgehead atoms. The molecule has 4 fully saturated rings. The Bertz CT molecular complexity index is 1400. The van der Waals surface area contributed by atoms with E-state index in [9.17, 15) is 0 Å². The predicted molar refractivity (Wildman–Crippen MR) is 145 cm³/mol. The highest BCUT2D eigenvalue weighted by Crippen LogP contribution is 2.70. The second-order valence-electron chi connectivity index (χ2n) is 11.5. The summed E-state index contributed by atoms with van der Waals surface area (Å²) < 4.78 is 0. The molecule has 0 radical (unpaired) electrons. The fraction of sp³-hybridized carbons (Fsp3) is 0.294. The van der Waals surface area contributed by atoms with E-state index in [4.69, 9.17) is 0 Å². The van der Waals surface area contributed by atoms with Gasteiger partial charge in [-0.3, -0.25) is 0 Å². The Kier molecular flexibility index (Phi) is 4.18. The van der Waals surface area contributed by atoms with Crippen molar-refractivity contribution in [3.8, 4) is 22.3 Å². The van der Waals surface area contributed by atoms with E-state index in [1.165, 1.54) is 65.7 Å². The molecule has 0 unspecified atom stereocenters.